The summed E-state index contributed by atoms with van der Waals surface area (Å²) in [5, 5.41) is 9.47. The Bertz CT molecular complexity index is 787. The Morgan fingerprint density at radius 1 is 1.18 bits per heavy atom. The molecule has 7 heteroatoms. The van der Waals surface area contributed by atoms with E-state index < -0.39 is 22.5 Å². The molecule has 0 aliphatic rings. The Labute approximate surface area is 133 Å². The third kappa shape index (κ3) is 3.58. The average molecular weight is 340 g/mol. The van der Waals surface area contributed by atoms with Gasteiger partial charge in [-0.1, -0.05) is 23.7 Å². The molecule has 5 nitrogen and oxygen atoms in total. The second-order valence-electron chi connectivity index (χ2n) is 4.70. The van der Waals surface area contributed by atoms with Crippen molar-refractivity contribution in [3.05, 3.63) is 59.1 Å². The van der Waals surface area contributed by atoms with Crippen molar-refractivity contribution in [2.24, 2.45) is 0 Å². The van der Waals surface area contributed by atoms with Gasteiger partial charge in [0, 0.05) is 5.02 Å². The van der Waals surface area contributed by atoms with Crippen LogP contribution >= 0.6 is 11.6 Å². The van der Waals surface area contributed by atoms with Crippen LogP contribution in [0.15, 0.2) is 53.4 Å². The number of aliphatic carboxylic acids is 1. The number of hydrogen-bond donors (Lipinski definition) is 1. The highest BCUT2D eigenvalue weighted by molar-refractivity contribution is 7.92. The van der Waals surface area contributed by atoms with E-state index >= 15 is 0 Å². The van der Waals surface area contributed by atoms with Crippen LogP contribution in [0.3, 0.4) is 0 Å². The molecule has 1 N–H and O–H groups in total. The van der Waals surface area contributed by atoms with Crippen molar-refractivity contribution < 1.29 is 18.3 Å². The maximum Gasteiger partial charge on any atom is 0.324 e. The second-order valence-corrected chi connectivity index (χ2v) is 7.00. The van der Waals surface area contributed by atoms with E-state index in [2.05, 4.69) is 0 Å². The molecule has 0 spiro atoms. The number of rotatable bonds is 5. The van der Waals surface area contributed by atoms with Crippen molar-refractivity contribution in [2.45, 2.75) is 11.8 Å². The second kappa shape index (κ2) is 6.37. The number of sulfonamides is 1. The molecule has 0 aliphatic carbocycles. The molecule has 22 heavy (non-hydrogen) atoms. The lowest BCUT2D eigenvalue weighted by Crippen LogP contribution is -2.35. The van der Waals surface area contributed by atoms with Gasteiger partial charge in [0.05, 0.1) is 10.6 Å². The Hall–Kier alpha value is -2.05. The molecule has 0 saturated heterocycles. The lowest BCUT2D eigenvalue weighted by molar-refractivity contribution is -0.135. The highest BCUT2D eigenvalue weighted by atomic mass is 35.5. The number of nitrogens with zero attached hydrogens (tertiary/aromatic N) is 1. The van der Waals surface area contributed by atoms with E-state index in [4.69, 9.17) is 16.7 Å². The van der Waals surface area contributed by atoms with Gasteiger partial charge >= 0.3 is 5.97 Å². The number of halogens is 1. The van der Waals surface area contributed by atoms with Crippen LogP contribution in [-0.4, -0.2) is 26.0 Å². The van der Waals surface area contributed by atoms with E-state index in [-0.39, 0.29) is 10.6 Å². The maximum atomic E-state index is 12.7. The van der Waals surface area contributed by atoms with Gasteiger partial charge in [-0.05, 0) is 48.9 Å². The van der Waals surface area contributed by atoms with E-state index in [9.17, 15) is 13.2 Å². The fraction of sp³-hybridized carbons (Fsp3) is 0.133. The number of benzene rings is 2. The molecule has 0 saturated carbocycles. The van der Waals surface area contributed by atoms with E-state index in [1.54, 1.807) is 19.1 Å². The van der Waals surface area contributed by atoms with E-state index in [1.807, 2.05) is 0 Å². The standard InChI is InChI=1S/C15H14ClNO4S/c1-11-3-2-4-14(9-11)22(20,21)17(10-15(18)19)13-7-5-12(16)6-8-13/h2-9H,10H2,1H3,(H,18,19). The summed E-state index contributed by atoms with van der Waals surface area (Å²) in [6.07, 6.45) is 0. The van der Waals surface area contributed by atoms with Crippen LogP contribution in [0.4, 0.5) is 5.69 Å². The van der Waals surface area contributed by atoms with Crippen LogP contribution in [0.25, 0.3) is 0 Å². The number of carbonyl (C=O) groups is 1. The summed E-state index contributed by atoms with van der Waals surface area (Å²) in [5.41, 5.74) is 1.01. The zero-order valence-electron chi connectivity index (χ0n) is 11.7. The summed E-state index contributed by atoms with van der Waals surface area (Å²) in [5.74, 6) is -1.24. The molecule has 0 heterocycles. The van der Waals surface area contributed by atoms with Gasteiger partial charge in [-0.2, -0.15) is 0 Å². The first-order valence-electron chi connectivity index (χ1n) is 6.37. The molecule has 2 rings (SSSR count). The zero-order valence-corrected chi connectivity index (χ0v) is 13.3. The summed E-state index contributed by atoms with van der Waals surface area (Å²) in [7, 11) is -3.98. The van der Waals surface area contributed by atoms with E-state index in [1.165, 1.54) is 36.4 Å². The largest absolute Gasteiger partial charge is 0.480 e. The molecule has 0 fully saturated rings. The van der Waals surface area contributed by atoms with Gasteiger partial charge in [-0.3, -0.25) is 9.10 Å². The fourth-order valence-corrected chi connectivity index (χ4v) is 3.59. The van der Waals surface area contributed by atoms with Crippen molar-refractivity contribution in [3.8, 4) is 0 Å². The molecule has 116 valence electrons. The van der Waals surface area contributed by atoms with Crippen molar-refractivity contribution in [2.75, 3.05) is 10.8 Å². The van der Waals surface area contributed by atoms with Crippen LogP contribution in [0, 0.1) is 6.92 Å². The normalized spacial score (nSPS) is 11.2. The highest BCUT2D eigenvalue weighted by Gasteiger charge is 2.27. The summed E-state index contributed by atoms with van der Waals surface area (Å²) in [4.78, 5) is 11.1. The number of anilines is 1. The Balaban J connectivity index is 2.53. The molecule has 0 amide bonds. The van der Waals surface area contributed by atoms with Gasteiger partial charge < -0.3 is 5.11 Å². The monoisotopic (exact) mass is 339 g/mol. The highest BCUT2D eigenvalue weighted by Crippen LogP contribution is 2.25. The molecule has 0 aliphatic heterocycles. The van der Waals surface area contributed by atoms with Crippen molar-refractivity contribution in [1.82, 2.24) is 0 Å². The first kappa shape index (κ1) is 16.3. The molecular weight excluding hydrogens is 326 g/mol. The Kier molecular flexibility index (Phi) is 4.73. The van der Waals surface area contributed by atoms with Gasteiger partial charge in [0.25, 0.3) is 10.0 Å². The van der Waals surface area contributed by atoms with Crippen molar-refractivity contribution in [3.63, 3.8) is 0 Å². The summed E-state index contributed by atoms with van der Waals surface area (Å²) in [6, 6.07) is 12.3. The Morgan fingerprint density at radius 3 is 2.36 bits per heavy atom. The first-order valence-corrected chi connectivity index (χ1v) is 8.19. The molecule has 2 aromatic carbocycles. The van der Waals surface area contributed by atoms with Gasteiger partial charge in [0.2, 0.25) is 0 Å². The number of carboxylic acid groups (broad SMARTS) is 1. The smallest absolute Gasteiger partial charge is 0.324 e. The van der Waals surface area contributed by atoms with Gasteiger partial charge in [-0.25, -0.2) is 8.42 Å². The lowest BCUT2D eigenvalue weighted by Gasteiger charge is -2.23. The first-order chi connectivity index (χ1) is 10.3. The zero-order chi connectivity index (χ0) is 16.3. The molecule has 0 unspecified atom stereocenters. The van der Waals surface area contributed by atoms with Crippen LogP contribution < -0.4 is 4.31 Å². The average Bonchev–Trinajstić information content (AvgIpc) is 2.45. The van der Waals surface area contributed by atoms with E-state index in [0.717, 1.165) is 9.87 Å². The van der Waals surface area contributed by atoms with Crippen molar-refractivity contribution in [1.29, 1.82) is 0 Å². The molecule has 0 bridgehead atoms. The number of aryl methyl sites for hydroxylation is 1. The topological polar surface area (TPSA) is 74.7 Å². The minimum absolute atomic E-state index is 0.0451. The summed E-state index contributed by atoms with van der Waals surface area (Å²) >= 11 is 5.79. The summed E-state index contributed by atoms with van der Waals surface area (Å²) < 4.78 is 26.3. The summed E-state index contributed by atoms with van der Waals surface area (Å²) in [6.45, 7) is 1.10. The Morgan fingerprint density at radius 2 is 1.82 bits per heavy atom. The third-order valence-corrected chi connectivity index (χ3v) is 4.99. The predicted octanol–water partition coefficient (Wildman–Crippen LogP) is 2.93. The number of hydrogen-bond acceptors (Lipinski definition) is 3. The van der Waals surface area contributed by atoms with Crippen LogP contribution in [0.1, 0.15) is 5.56 Å². The molecule has 0 atom stereocenters. The molecule has 0 radical (unpaired) electrons. The number of carboxylic acids is 1. The van der Waals surface area contributed by atoms with Gasteiger partial charge in [0.1, 0.15) is 6.54 Å². The predicted molar refractivity (Wildman–Crippen MR) is 84.8 cm³/mol. The molecule has 2 aromatic rings. The van der Waals surface area contributed by atoms with Crippen LogP contribution in [0.2, 0.25) is 5.02 Å². The quantitative estimate of drug-likeness (QED) is 0.908. The lowest BCUT2D eigenvalue weighted by atomic mass is 10.2. The van der Waals surface area contributed by atoms with Gasteiger partial charge in [0.15, 0.2) is 0 Å². The van der Waals surface area contributed by atoms with Crippen LogP contribution in [-0.2, 0) is 14.8 Å². The van der Waals surface area contributed by atoms with E-state index in [0.29, 0.717) is 5.02 Å². The van der Waals surface area contributed by atoms with Crippen molar-refractivity contribution >= 4 is 33.3 Å². The fourth-order valence-electron chi connectivity index (χ4n) is 1.95. The molecular formula is C15H14ClNO4S. The third-order valence-electron chi connectivity index (χ3n) is 2.97. The SMILES string of the molecule is Cc1cccc(S(=O)(=O)N(CC(=O)O)c2ccc(Cl)cc2)c1. The molecule has 0 aromatic heterocycles. The minimum atomic E-state index is -3.98. The van der Waals surface area contributed by atoms with Gasteiger partial charge in [-0.15, -0.1) is 0 Å². The maximum absolute atomic E-state index is 12.7. The van der Waals surface area contributed by atoms with Crippen LogP contribution in [0.5, 0.6) is 0 Å². The minimum Gasteiger partial charge on any atom is -0.480 e.